The molecule has 1 aliphatic rings. The fraction of sp³-hybridized carbons (Fsp3) is 0.889. The molecule has 0 radical (unpaired) electrons. The number of thiocarbonyl (C=S) groups is 1. The number of hydrogen-bond donors (Lipinski definition) is 2. The third-order valence-corrected chi connectivity index (χ3v) is 3.02. The van der Waals surface area contributed by atoms with Gasteiger partial charge >= 0.3 is 0 Å². The number of nitrogens with two attached hydrogens (primary N) is 1. The van der Waals surface area contributed by atoms with Crippen LogP contribution in [0.25, 0.3) is 0 Å². The van der Waals surface area contributed by atoms with Gasteiger partial charge in [0, 0.05) is 6.04 Å². The summed E-state index contributed by atoms with van der Waals surface area (Å²) < 4.78 is 0. The maximum Gasteiger partial charge on any atom is 0.0902 e. The zero-order valence-electron chi connectivity index (χ0n) is 8.07. The normalized spacial score (nSPS) is 26.2. The monoisotopic (exact) mass is 202 g/mol. The molecular weight excluding hydrogens is 184 g/mol. The molecule has 1 aliphatic heterocycles. The molecule has 1 rings (SSSR count). The molecule has 0 spiro atoms. The summed E-state index contributed by atoms with van der Waals surface area (Å²) in [6.07, 6.45) is 3.14. The fourth-order valence-electron chi connectivity index (χ4n) is 2.06. The van der Waals surface area contributed by atoms with Crippen LogP contribution in [0.15, 0.2) is 0 Å². The van der Waals surface area contributed by atoms with E-state index in [0.29, 0.717) is 4.99 Å². The van der Waals surface area contributed by atoms with Gasteiger partial charge in [-0.1, -0.05) is 19.1 Å². The van der Waals surface area contributed by atoms with Crippen molar-refractivity contribution < 1.29 is 5.11 Å². The molecular formula is C9H18N2OS. The van der Waals surface area contributed by atoms with E-state index in [1.807, 2.05) is 0 Å². The quantitative estimate of drug-likeness (QED) is 0.652. The molecule has 1 saturated heterocycles. The molecule has 0 amide bonds. The Kier molecular flexibility index (Phi) is 4.09. The Balaban J connectivity index is 2.61. The van der Waals surface area contributed by atoms with E-state index < -0.39 is 0 Å². The summed E-state index contributed by atoms with van der Waals surface area (Å²) in [5, 5.41) is 9.14. The number of nitrogens with zero attached hydrogens (tertiary/aromatic N) is 1. The summed E-state index contributed by atoms with van der Waals surface area (Å²) in [6.45, 7) is 3.32. The number of rotatable bonds is 4. The molecule has 76 valence electrons. The number of hydrogen-bond acceptors (Lipinski definition) is 3. The molecule has 2 unspecified atom stereocenters. The average molecular weight is 202 g/mol. The standard InChI is InChI=1S/C9H18N2OS/c1-2-8(9(10)13)11-5-3-4-7(11)6-12/h7-8,12H,2-6H2,1H3,(H2,10,13). The summed E-state index contributed by atoms with van der Waals surface area (Å²) in [4.78, 5) is 2.80. The predicted molar refractivity (Wildman–Crippen MR) is 57.7 cm³/mol. The van der Waals surface area contributed by atoms with Crippen molar-refractivity contribution in [1.29, 1.82) is 0 Å². The first-order chi connectivity index (χ1) is 6.20. The Morgan fingerprint density at radius 1 is 1.77 bits per heavy atom. The molecule has 4 heteroatoms. The van der Waals surface area contributed by atoms with Crippen LogP contribution in [0.1, 0.15) is 26.2 Å². The molecule has 0 aromatic carbocycles. The van der Waals surface area contributed by atoms with Crippen molar-refractivity contribution in [2.75, 3.05) is 13.2 Å². The van der Waals surface area contributed by atoms with E-state index in [1.54, 1.807) is 0 Å². The van der Waals surface area contributed by atoms with Crippen molar-refractivity contribution in [3.8, 4) is 0 Å². The Morgan fingerprint density at radius 2 is 2.46 bits per heavy atom. The van der Waals surface area contributed by atoms with Gasteiger partial charge in [-0.3, -0.25) is 4.90 Å². The summed E-state index contributed by atoms with van der Waals surface area (Å²) in [5.41, 5.74) is 5.65. The largest absolute Gasteiger partial charge is 0.395 e. The van der Waals surface area contributed by atoms with Crippen molar-refractivity contribution in [2.45, 2.75) is 38.3 Å². The Hall–Kier alpha value is -0.190. The van der Waals surface area contributed by atoms with Crippen LogP contribution in [0.4, 0.5) is 0 Å². The van der Waals surface area contributed by atoms with Gasteiger partial charge < -0.3 is 10.8 Å². The molecule has 2 atom stereocenters. The molecule has 0 aliphatic carbocycles. The Labute approximate surface area is 84.9 Å². The number of likely N-dealkylation sites (tertiary alicyclic amines) is 1. The van der Waals surface area contributed by atoms with Crippen LogP contribution < -0.4 is 5.73 Å². The molecule has 0 saturated carbocycles. The van der Waals surface area contributed by atoms with Crippen molar-refractivity contribution >= 4 is 17.2 Å². The summed E-state index contributed by atoms with van der Waals surface area (Å²) >= 11 is 5.01. The van der Waals surface area contributed by atoms with Gasteiger partial charge in [0.1, 0.15) is 0 Å². The molecule has 0 aromatic heterocycles. The van der Waals surface area contributed by atoms with E-state index in [4.69, 9.17) is 23.1 Å². The molecule has 3 nitrogen and oxygen atoms in total. The van der Waals surface area contributed by atoms with Gasteiger partial charge in [0.15, 0.2) is 0 Å². The molecule has 0 aromatic rings. The lowest BCUT2D eigenvalue weighted by molar-refractivity contribution is 0.141. The highest BCUT2D eigenvalue weighted by Gasteiger charge is 2.30. The minimum Gasteiger partial charge on any atom is -0.395 e. The highest BCUT2D eigenvalue weighted by atomic mass is 32.1. The number of aliphatic hydroxyl groups is 1. The zero-order chi connectivity index (χ0) is 9.84. The van der Waals surface area contributed by atoms with E-state index in [2.05, 4.69) is 11.8 Å². The minimum absolute atomic E-state index is 0.176. The first kappa shape index (κ1) is 10.9. The highest BCUT2D eigenvalue weighted by molar-refractivity contribution is 7.80. The smallest absolute Gasteiger partial charge is 0.0902 e. The molecule has 1 fully saturated rings. The van der Waals surface area contributed by atoms with Crippen molar-refractivity contribution in [2.24, 2.45) is 5.73 Å². The van der Waals surface area contributed by atoms with Crippen LogP contribution in [0.2, 0.25) is 0 Å². The lowest BCUT2D eigenvalue weighted by atomic mass is 10.1. The van der Waals surface area contributed by atoms with E-state index >= 15 is 0 Å². The lowest BCUT2D eigenvalue weighted by Crippen LogP contribution is -2.47. The third-order valence-electron chi connectivity index (χ3n) is 2.75. The zero-order valence-corrected chi connectivity index (χ0v) is 8.89. The average Bonchev–Trinajstić information content (AvgIpc) is 2.53. The summed E-state index contributed by atoms with van der Waals surface area (Å²) in [7, 11) is 0. The van der Waals surface area contributed by atoms with Crippen LogP contribution in [0.3, 0.4) is 0 Å². The van der Waals surface area contributed by atoms with Crippen molar-refractivity contribution in [3.05, 3.63) is 0 Å². The first-order valence-electron chi connectivity index (χ1n) is 4.86. The van der Waals surface area contributed by atoms with Crippen LogP contribution in [0.5, 0.6) is 0 Å². The Morgan fingerprint density at radius 3 is 2.92 bits per heavy atom. The highest BCUT2D eigenvalue weighted by Crippen LogP contribution is 2.21. The van der Waals surface area contributed by atoms with E-state index in [1.165, 1.54) is 0 Å². The van der Waals surface area contributed by atoms with Crippen LogP contribution in [-0.4, -0.2) is 40.2 Å². The van der Waals surface area contributed by atoms with Gasteiger partial charge in [0.2, 0.25) is 0 Å². The van der Waals surface area contributed by atoms with Gasteiger partial charge in [0.05, 0.1) is 17.6 Å². The summed E-state index contributed by atoms with van der Waals surface area (Å²) in [6, 6.07) is 0.445. The topological polar surface area (TPSA) is 49.5 Å². The van der Waals surface area contributed by atoms with Crippen LogP contribution in [0, 0.1) is 0 Å². The second kappa shape index (κ2) is 4.88. The van der Waals surface area contributed by atoms with Gasteiger partial charge in [-0.2, -0.15) is 0 Å². The van der Waals surface area contributed by atoms with Crippen LogP contribution >= 0.6 is 12.2 Å². The van der Waals surface area contributed by atoms with Gasteiger partial charge in [0.25, 0.3) is 0 Å². The molecule has 1 heterocycles. The number of aliphatic hydroxyl groups excluding tert-OH is 1. The second-order valence-electron chi connectivity index (χ2n) is 3.54. The molecule has 0 bridgehead atoms. The van der Waals surface area contributed by atoms with E-state index in [-0.39, 0.29) is 18.7 Å². The van der Waals surface area contributed by atoms with Crippen molar-refractivity contribution in [1.82, 2.24) is 4.90 Å². The molecule has 13 heavy (non-hydrogen) atoms. The summed E-state index contributed by atoms with van der Waals surface area (Å²) in [5.74, 6) is 0. The Bertz CT molecular complexity index is 186. The van der Waals surface area contributed by atoms with E-state index in [0.717, 1.165) is 25.8 Å². The third kappa shape index (κ3) is 2.39. The SMILES string of the molecule is CCC(C(N)=S)N1CCCC1CO. The van der Waals surface area contributed by atoms with E-state index in [9.17, 15) is 0 Å². The van der Waals surface area contributed by atoms with Gasteiger partial charge in [-0.05, 0) is 25.8 Å². The predicted octanol–water partition coefficient (Wildman–Crippen LogP) is 0.508. The second-order valence-corrected chi connectivity index (χ2v) is 4.01. The fourth-order valence-corrected chi connectivity index (χ4v) is 2.37. The lowest BCUT2D eigenvalue weighted by Gasteiger charge is -2.30. The van der Waals surface area contributed by atoms with Gasteiger partial charge in [-0.15, -0.1) is 0 Å². The maximum atomic E-state index is 9.14. The van der Waals surface area contributed by atoms with Gasteiger partial charge in [-0.25, -0.2) is 0 Å². The molecule has 3 N–H and O–H groups in total. The van der Waals surface area contributed by atoms with Crippen molar-refractivity contribution in [3.63, 3.8) is 0 Å². The minimum atomic E-state index is 0.176. The van der Waals surface area contributed by atoms with Crippen LogP contribution in [-0.2, 0) is 0 Å². The first-order valence-corrected chi connectivity index (χ1v) is 5.27. The maximum absolute atomic E-state index is 9.14.